The zero-order chi connectivity index (χ0) is 33.4. The molecule has 7 N–H and O–H groups in total. The predicted molar refractivity (Wildman–Crippen MR) is 161 cm³/mol. The maximum Gasteiger partial charge on any atom is 0.235 e. The molecule has 0 bridgehead atoms. The van der Waals surface area contributed by atoms with Gasteiger partial charge in [-0.2, -0.15) is 5.26 Å². The minimum absolute atomic E-state index is 0.185. The molecule has 12 nitrogen and oxygen atoms in total. The number of fused-ring (bicyclic) bond motifs is 3. The number of halogens is 1. The van der Waals surface area contributed by atoms with Crippen molar-refractivity contribution in [2.45, 2.75) is 30.0 Å². The Labute approximate surface area is 258 Å². The number of primary amides is 1. The van der Waals surface area contributed by atoms with Crippen LogP contribution in [0, 0.1) is 34.4 Å². The smallest absolute Gasteiger partial charge is 0.235 e. The highest BCUT2D eigenvalue weighted by molar-refractivity contribution is 6.33. The number of ketones is 4. The summed E-state index contributed by atoms with van der Waals surface area (Å²) in [6.45, 7) is 0. The highest BCUT2D eigenvalue weighted by Crippen LogP contribution is 2.57. The number of amides is 1. The van der Waals surface area contributed by atoms with E-state index in [1.54, 1.807) is 37.2 Å². The van der Waals surface area contributed by atoms with Gasteiger partial charge in [0.1, 0.15) is 17.5 Å². The summed E-state index contributed by atoms with van der Waals surface area (Å²) in [5, 5.41) is 22.0. The van der Waals surface area contributed by atoms with Crippen LogP contribution in [0.4, 0.5) is 10.1 Å². The Hall–Kier alpha value is -4.77. The first kappa shape index (κ1) is 31.6. The molecule has 0 aromatic heterocycles. The fourth-order valence-electron chi connectivity index (χ4n) is 7.56. The standard InChI is InChI=1S/C32H33FN6O6/c1-38(2)19-11-16(8-5-15-6-9-17(33)10-7-15)23(40)20-18(19)12-30(36)13-32(37)26(39(3)4)25(42)21(29(35)45)27(43)31(32,14-34)28(44)22(30)24(20)41/h5-11,21-22,26,40H,12-13,36-37H2,1-4H3,(H2,35,45)/t21?,22?,26-,30-,31+,32-/m1/s1. The molecular formula is C32H33FN6O6. The van der Waals surface area contributed by atoms with Gasteiger partial charge < -0.3 is 27.2 Å². The summed E-state index contributed by atoms with van der Waals surface area (Å²) in [5.41, 5.74) is 13.7. The van der Waals surface area contributed by atoms with E-state index in [1.165, 1.54) is 49.3 Å². The molecule has 2 saturated carbocycles. The topological polar surface area (TPSA) is 214 Å². The number of benzene rings is 2. The summed E-state index contributed by atoms with van der Waals surface area (Å²) in [7, 11) is 6.30. The molecule has 5 rings (SSSR count). The molecule has 2 unspecified atom stereocenters. The lowest BCUT2D eigenvalue weighted by Gasteiger charge is -2.60. The summed E-state index contributed by atoms with van der Waals surface area (Å²) in [4.78, 5) is 71.7. The van der Waals surface area contributed by atoms with Gasteiger partial charge in [-0.3, -0.25) is 28.9 Å². The average molecular weight is 617 g/mol. The molecule has 1 amide bonds. The molecule has 0 saturated heterocycles. The van der Waals surface area contributed by atoms with E-state index < -0.39 is 81.4 Å². The summed E-state index contributed by atoms with van der Waals surface area (Å²) < 4.78 is 13.4. The van der Waals surface area contributed by atoms with Crippen LogP contribution in [-0.2, 0) is 25.6 Å². The maximum atomic E-state index is 14.5. The number of carbonyl (C=O) groups excluding carboxylic acids is 5. The maximum absolute atomic E-state index is 14.5. The quantitative estimate of drug-likeness (QED) is 0.263. The fourth-order valence-corrected chi connectivity index (χ4v) is 7.56. The minimum Gasteiger partial charge on any atom is -0.507 e. The number of aromatic hydroxyl groups is 1. The molecule has 0 aliphatic heterocycles. The number of phenolic OH excluding ortho intramolecular Hbond substituents is 1. The molecular weight excluding hydrogens is 583 g/mol. The lowest BCUT2D eigenvalue weighted by molar-refractivity contribution is -0.166. The van der Waals surface area contributed by atoms with Crippen LogP contribution in [0.15, 0.2) is 30.3 Å². The molecule has 0 radical (unpaired) electrons. The average Bonchev–Trinajstić information content (AvgIpc) is 2.92. The fraction of sp³-hybridized carbons (Fsp3) is 0.375. The third kappa shape index (κ3) is 4.24. The molecule has 3 aliphatic carbocycles. The first-order chi connectivity index (χ1) is 21.0. The molecule has 0 spiro atoms. The van der Waals surface area contributed by atoms with Crippen molar-refractivity contribution in [1.29, 1.82) is 5.26 Å². The van der Waals surface area contributed by atoms with Gasteiger partial charge in [-0.25, -0.2) is 4.39 Å². The van der Waals surface area contributed by atoms with Crippen molar-refractivity contribution in [3.63, 3.8) is 0 Å². The van der Waals surface area contributed by atoms with Crippen molar-refractivity contribution in [3.8, 4) is 11.8 Å². The molecule has 3 aliphatic rings. The van der Waals surface area contributed by atoms with Crippen LogP contribution >= 0.6 is 0 Å². The Kier molecular flexibility index (Phi) is 7.32. The Balaban J connectivity index is 1.73. The van der Waals surface area contributed by atoms with Gasteiger partial charge >= 0.3 is 0 Å². The van der Waals surface area contributed by atoms with Crippen LogP contribution in [0.2, 0.25) is 0 Å². The number of nitrogens with two attached hydrogens (primary N) is 3. The number of rotatable bonds is 5. The number of nitriles is 1. The van der Waals surface area contributed by atoms with Crippen LogP contribution in [0.5, 0.6) is 5.75 Å². The van der Waals surface area contributed by atoms with Gasteiger partial charge in [-0.1, -0.05) is 24.3 Å². The van der Waals surface area contributed by atoms with Crippen LogP contribution in [0.3, 0.4) is 0 Å². The van der Waals surface area contributed by atoms with Gasteiger partial charge in [-0.05, 0) is 56.3 Å². The lowest BCUT2D eigenvalue weighted by atomic mass is 9.42. The van der Waals surface area contributed by atoms with E-state index in [-0.39, 0.29) is 17.5 Å². The Morgan fingerprint density at radius 1 is 1.07 bits per heavy atom. The van der Waals surface area contributed by atoms with Crippen molar-refractivity contribution in [2.75, 3.05) is 33.1 Å². The zero-order valence-electron chi connectivity index (χ0n) is 25.1. The van der Waals surface area contributed by atoms with E-state index >= 15 is 0 Å². The van der Waals surface area contributed by atoms with E-state index in [2.05, 4.69) is 0 Å². The third-order valence-electron chi connectivity index (χ3n) is 9.40. The number of hydrogen-bond donors (Lipinski definition) is 4. The van der Waals surface area contributed by atoms with E-state index in [1.807, 2.05) is 0 Å². The Morgan fingerprint density at radius 2 is 1.69 bits per heavy atom. The molecule has 234 valence electrons. The van der Waals surface area contributed by atoms with Crippen LogP contribution in [0.25, 0.3) is 12.2 Å². The van der Waals surface area contributed by atoms with Crippen molar-refractivity contribution in [3.05, 3.63) is 58.4 Å². The van der Waals surface area contributed by atoms with Crippen molar-refractivity contribution < 1.29 is 33.5 Å². The summed E-state index contributed by atoms with van der Waals surface area (Å²) in [5.74, 6) is -10.7. The molecule has 0 heterocycles. The van der Waals surface area contributed by atoms with Crippen LogP contribution in [-0.4, -0.2) is 84.4 Å². The summed E-state index contributed by atoms with van der Waals surface area (Å²) in [6.07, 6.45) is 2.44. The summed E-state index contributed by atoms with van der Waals surface area (Å²) >= 11 is 0. The summed E-state index contributed by atoms with van der Waals surface area (Å²) in [6, 6.07) is 7.42. The second kappa shape index (κ2) is 10.4. The molecule has 2 aromatic carbocycles. The molecule has 13 heteroatoms. The second-order valence-electron chi connectivity index (χ2n) is 12.6. The van der Waals surface area contributed by atoms with Crippen LogP contribution < -0.4 is 22.1 Å². The zero-order valence-corrected chi connectivity index (χ0v) is 25.1. The van der Waals surface area contributed by atoms with Crippen LogP contribution in [0.1, 0.15) is 33.5 Å². The number of phenols is 1. The Morgan fingerprint density at radius 3 is 2.22 bits per heavy atom. The normalized spacial score (nSPS) is 31.0. The second-order valence-corrected chi connectivity index (χ2v) is 12.6. The van der Waals surface area contributed by atoms with Crippen molar-refractivity contribution in [2.24, 2.45) is 34.5 Å². The van der Waals surface area contributed by atoms with Gasteiger partial charge in [0.05, 0.1) is 23.2 Å². The van der Waals surface area contributed by atoms with Gasteiger partial charge in [-0.15, -0.1) is 0 Å². The highest BCUT2D eigenvalue weighted by Gasteiger charge is 2.78. The number of carbonyl (C=O) groups is 5. The highest BCUT2D eigenvalue weighted by atomic mass is 19.1. The molecule has 2 aromatic rings. The van der Waals surface area contributed by atoms with Crippen molar-refractivity contribution in [1.82, 2.24) is 4.90 Å². The monoisotopic (exact) mass is 616 g/mol. The SMILES string of the molecule is CN(C)c1cc(C=Cc2ccc(F)cc2)c(O)c2c1C[C@@]1(N)C[C@@]3(N)[C@H](N(C)C)C(=O)C(C(N)=O)C(=O)[C@@]3(C#N)C(=O)C1C2=O. The minimum atomic E-state index is -2.82. The molecule has 6 atom stereocenters. The van der Waals surface area contributed by atoms with E-state index in [0.29, 0.717) is 16.8 Å². The largest absolute Gasteiger partial charge is 0.507 e. The molecule has 45 heavy (non-hydrogen) atoms. The third-order valence-corrected chi connectivity index (χ3v) is 9.40. The Bertz CT molecular complexity index is 1760. The number of hydrogen-bond acceptors (Lipinski definition) is 11. The predicted octanol–water partition coefficient (Wildman–Crippen LogP) is 0.184. The van der Waals surface area contributed by atoms with Gasteiger partial charge in [0.25, 0.3) is 0 Å². The first-order valence-corrected chi connectivity index (χ1v) is 14.1. The van der Waals surface area contributed by atoms with E-state index in [0.717, 1.165) is 0 Å². The number of Topliss-reactive ketones (excluding diaryl/α,β-unsaturated/α-hetero) is 4. The van der Waals surface area contributed by atoms with E-state index in [9.17, 15) is 38.7 Å². The van der Waals surface area contributed by atoms with Gasteiger partial charge in [0.15, 0.2) is 34.5 Å². The number of anilines is 1. The van der Waals surface area contributed by atoms with Gasteiger partial charge in [0, 0.05) is 30.9 Å². The van der Waals surface area contributed by atoms with Gasteiger partial charge in [0.2, 0.25) is 5.91 Å². The molecule has 2 fully saturated rings. The number of nitrogens with zero attached hydrogens (tertiary/aromatic N) is 3. The number of likely N-dealkylation sites (N-methyl/N-ethyl adjacent to an activating group) is 1. The van der Waals surface area contributed by atoms with Crippen molar-refractivity contribution >= 4 is 46.9 Å². The lowest BCUT2D eigenvalue weighted by Crippen LogP contribution is -2.85. The van der Waals surface area contributed by atoms with E-state index in [4.69, 9.17) is 17.2 Å². The first-order valence-electron chi connectivity index (χ1n) is 14.1.